The first kappa shape index (κ1) is 19.7. The summed E-state index contributed by atoms with van der Waals surface area (Å²) in [6.07, 6.45) is -2.92. The largest absolute Gasteiger partial charge is 0.416 e. The van der Waals surface area contributed by atoms with Crippen LogP contribution in [-0.4, -0.2) is 37.5 Å². The van der Waals surface area contributed by atoms with Crippen molar-refractivity contribution in [3.05, 3.63) is 35.1 Å². The fourth-order valence-corrected chi connectivity index (χ4v) is 2.76. The molecule has 1 unspecified atom stereocenters. The summed E-state index contributed by atoms with van der Waals surface area (Å²) < 4.78 is 51.6. The zero-order chi connectivity index (χ0) is 16.3. The molecule has 8 heteroatoms. The van der Waals surface area contributed by atoms with Gasteiger partial charge < -0.3 is 10.2 Å². The summed E-state index contributed by atoms with van der Waals surface area (Å²) in [4.78, 5) is 13.9. The normalized spacial score (nSPS) is 18.5. The van der Waals surface area contributed by atoms with Gasteiger partial charge in [0, 0.05) is 18.7 Å². The summed E-state index contributed by atoms with van der Waals surface area (Å²) in [5.41, 5.74) is -1.39. The van der Waals surface area contributed by atoms with Crippen LogP contribution in [0.4, 0.5) is 17.6 Å². The number of nitrogens with one attached hydrogen (secondary N) is 1. The number of benzene rings is 1. The Morgan fingerprint density at radius 3 is 2.65 bits per heavy atom. The van der Waals surface area contributed by atoms with Crippen LogP contribution in [0.5, 0.6) is 0 Å². The maximum Gasteiger partial charge on any atom is 0.416 e. The predicted octanol–water partition coefficient (Wildman–Crippen LogP) is 3.34. The number of rotatable bonds is 3. The zero-order valence-electron chi connectivity index (χ0n) is 12.6. The third-order valence-electron chi connectivity index (χ3n) is 3.77. The Morgan fingerprint density at radius 2 is 2.04 bits per heavy atom. The van der Waals surface area contributed by atoms with E-state index in [1.165, 1.54) is 4.90 Å². The smallest absolute Gasteiger partial charge is 0.338 e. The molecular formula is C15H19ClF4N2O. The van der Waals surface area contributed by atoms with Crippen molar-refractivity contribution in [3.8, 4) is 0 Å². The average Bonchev–Trinajstić information content (AvgIpc) is 2.45. The highest BCUT2D eigenvalue weighted by Gasteiger charge is 2.33. The number of carbonyl (C=O) groups excluding carboxylic acids is 1. The molecule has 0 saturated carbocycles. The van der Waals surface area contributed by atoms with Gasteiger partial charge in [-0.25, -0.2) is 4.39 Å². The van der Waals surface area contributed by atoms with Gasteiger partial charge in [-0.05, 0) is 50.6 Å². The van der Waals surface area contributed by atoms with Crippen molar-refractivity contribution in [3.63, 3.8) is 0 Å². The second kappa shape index (κ2) is 7.97. The highest BCUT2D eigenvalue weighted by atomic mass is 35.5. The monoisotopic (exact) mass is 354 g/mol. The maximum atomic E-state index is 13.4. The van der Waals surface area contributed by atoms with Crippen molar-refractivity contribution in [2.24, 2.45) is 5.92 Å². The molecule has 2 rings (SSSR count). The van der Waals surface area contributed by atoms with Crippen LogP contribution in [0.25, 0.3) is 0 Å². The third-order valence-corrected chi connectivity index (χ3v) is 3.77. The first-order chi connectivity index (χ1) is 10.3. The van der Waals surface area contributed by atoms with E-state index in [2.05, 4.69) is 5.32 Å². The number of amides is 1. The van der Waals surface area contributed by atoms with Crippen molar-refractivity contribution in [1.29, 1.82) is 0 Å². The van der Waals surface area contributed by atoms with Gasteiger partial charge in [-0.15, -0.1) is 12.4 Å². The van der Waals surface area contributed by atoms with E-state index in [1.54, 1.807) is 0 Å². The summed E-state index contributed by atoms with van der Waals surface area (Å²) in [7, 11) is 1.81. The van der Waals surface area contributed by atoms with Gasteiger partial charge in [0.1, 0.15) is 5.82 Å². The van der Waals surface area contributed by atoms with Crippen molar-refractivity contribution < 1.29 is 22.4 Å². The highest BCUT2D eigenvalue weighted by Crippen LogP contribution is 2.31. The lowest BCUT2D eigenvalue weighted by atomic mass is 9.97. The van der Waals surface area contributed by atoms with E-state index in [-0.39, 0.29) is 23.9 Å². The lowest BCUT2D eigenvalue weighted by Gasteiger charge is -2.33. The molecule has 1 saturated heterocycles. The second-order valence-corrected chi connectivity index (χ2v) is 5.54. The van der Waals surface area contributed by atoms with Crippen LogP contribution in [0.3, 0.4) is 0 Å². The van der Waals surface area contributed by atoms with Gasteiger partial charge in [-0.2, -0.15) is 13.2 Å². The molecule has 1 fully saturated rings. The Morgan fingerprint density at radius 1 is 1.35 bits per heavy atom. The SMILES string of the molecule is CNCC1CCCN(C(=O)c2cc(F)cc(C(F)(F)F)c2)C1.Cl. The van der Waals surface area contributed by atoms with Gasteiger partial charge in [0.05, 0.1) is 5.56 Å². The number of likely N-dealkylation sites (tertiary alicyclic amines) is 1. The molecule has 130 valence electrons. The van der Waals surface area contributed by atoms with Crippen molar-refractivity contribution >= 4 is 18.3 Å². The Hall–Kier alpha value is -1.34. The highest BCUT2D eigenvalue weighted by molar-refractivity contribution is 5.94. The van der Waals surface area contributed by atoms with Crippen LogP contribution in [0.1, 0.15) is 28.8 Å². The average molecular weight is 355 g/mol. The maximum absolute atomic E-state index is 13.4. The van der Waals surface area contributed by atoms with E-state index in [4.69, 9.17) is 0 Å². The predicted molar refractivity (Wildman–Crippen MR) is 81.2 cm³/mol. The van der Waals surface area contributed by atoms with Crippen LogP contribution in [0, 0.1) is 11.7 Å². The van der Waals surface area contributed by atoms with Gasteiger partial charge in [0.2, 0.25) is 0 Å². The van der Waals surface area contributed by atoms with E-state index in [0.717, 1.165) is 25.5 Å². The van der Waals surface area contributed by atoms with Crippen LogP contribution in [0.2, 0.25) is 0 Å². The van der Waals surface area contributed by atoms with Crippen LogP contribution < -0.4 is 5.32 Å². The van der Waals surface area contributed by atoms with E-state index < -0.39 is 23.5 Å². The minimum atomic E-state index is -4.67. The minimum Gasteiger partial charge on any atom is -0.338 e. The molecule has 0 aromatic heterocycles. The van der Waals surface area contributed by atoms with E-state index in [1.807, 2.05) is 7.05 Å². The molecule has 1 atom stereocenters. The molecule has 0 bridgehead atoms. The van der Waals surface area contributed by atoms with Gasteiger partial charge in [-0.1, -0.05) is 0 Å². The lowest BCUT2D eigenvalue weighted by Crippen LogP contribution is -2.42. The number of nitrogens with zero attached hydrogens (tertiary/aromatic N) is 1. The van der Waals surface area contributed by atoms with E-state index in [0.29, 0.717) is 25.2 Å². The first-order valence-corrected chi connectivity index (χ1v) is 7.13. The number of alkyl halides is 3. The molecule has 1 N–H and O–H groups in total. The molecule has 1 amide bonds. The standard InChI is InChI=1S/C15H18F4N2O.ClH/c1-20-8-10-3-2-4-21(9-10)14(22)11-5-12(15(17,18)19)7-13(16)6-11;/h5-7,10,20H,2-4,8-9H2,1H3;1H. The van der Waals surface area contributed by atoms with E-state index in [9.17, 15) is 22.4 Å². The second-order valence-electron chi connectivity index (χ2n) is 5.54. The van der Waals surface area contributed by atoms with Crippen LogP contribution >= 0.6 is 12.4 Å². The number of piperidine rings is 1. The van der Waals surface area contributed by atoms with Crippen LogP contribution in [0.15, 0.2) is 18.2 Å². The summed E-state index contributed by atoms with van der Waals surface area (Å²) in [5, 5.41) is 3.03. The molecule has 3 nitrogen and oxygen atoms in total. The molecule has 1 aromatic carbocycles. The molecule has 23 heavy (non-hydrogen) atoms. The molecule has 0 radical (unpaired) electrons. The quantitative estimate of drug-likeness (QED) is 0.844. The Kier molecular flexibility index (Phi) is 6.83. The Bertz CT molecular complexity index is 549. The molecule has 1 heterocycles. The summed E-state index contributed by atoms with van der Waals surface area (Å²) in [6, 6.07) is 1.98. The molecular weight excluding hydrogens is 336 g/mol. The van der Waals surface area contributed by atoms with Crippen LogP contribution in [-0.2, 0) is 6.18 Å². The Labute approximate surface area is 138 Å². The number of hydrogen-bond acceptors (Lipinski definition) is 2. The summed E-state index contributed by atoms with van der Waals surface area (Å²) >= 11 is 0. The molecule has 1 aromatic rings. The topological polar surface area (TPSA) is 32.3 Å². The molecule has 1 aliphatic rings. The summed E-state index contributed by atoms with van der Waals surface area (Å²) in [6.45, 7) is 1.69. The fraction of sp³-hybridized carbons (Fsp3) is 0.533. The van der Waals surface area contributed by atoms with Gasteiger partial charge >= 0.3 is 6.18 Å². The fourth-order valence-electron chi connectivity index (χ4n) is 2.76. The number of hydrogen-bond donors (Lipinski definition) is 1. The lowest BCUT2D eigenvalue weighted by molar-refractivity contribution is -0.137. The van der Waals surface area contributed by atoms with Crippen molar-refractivity contribution in [2.75, 3.05) is 26.7 Å². The molecule has 0 aliphatic carbocycles. The van der Waals surface area contributed by atoms with Gasteiger partial charge in [0.25, 0.3) is 5.91 Å². The summed E-state index contributed by atoms with van der Waals surface area (Å²) in [5.74, 6) is -1.34. The van der Waals surface area contributed by atoms with E-state index >= 15 is 0 Å². The minimum absolute atomic E-state index is 0. The Balaban J connectivity index is 0.00000264. The third kappa shape index (κ3) is 5.07. The number of carbonyl (C=O) groups is 1. The zero-order valence-corrected chi connectivity index (χ0v) is 13.4. The molecule has 0 spiro atoms. The first-order valence-electron chi connectivity index (χ1n) is 7.13. The van der Waals surface area contributed by atoms with Gasteiger partial charge in [0.15, 0.2) is 0 Å². The molecule has 1 aliphatic heterocycles. The van der Waals surface area contributed by atoms with Crippen molar-refractivity contribution in [1.82, 2.24) is 10.2 Å². The number of halogens is 5. The van der Waals surface area contributed by atoms with Crippen molar-refractivity contribution in [2.45, 2.75) is 19.0 Å². The van der Waals surface area contributed by atoms with Gasteiger partial charge in [-0.3, -0.25) is 4.79 Å².